The van der Waals surface area contributed by atoms with Gasteiger partial charge in [-0.2, -0.15) is 0 Å². The van der Waals surface area contributed by atoms with Crippen LogP contribution in [0.5, 0.6) is 0 Å². The monoisotopic (exact) mass is 225 g/mol. The van der Waals surface area contributed by atoms with Gasteiger partial charge in [0.05, 0.1) is 11.9 Å². The lowest BCUT2D eigenvalue weighted by atomic mass is 10.2. The summed E-state index contributed by atoms with van der Waals surface area (Å²) in [5, 5.41) is 0. The van der Waals surface area contributed by atoms with Crippen molar-refractivity contribution >= 4 is 17.8 Å². The van der Waals surface area contributed by atoms with Gasteiger partial charge in [0.1, 0.15) is 0 Å². The predicted molar refractivity (Wildman–Crippen MR) is 71.7 cm³/mol. The van der Waals surface area contributed by atoms with Crippen molar-refractivity contribution in [1.82, 2.24) is 9.97 Å². The van der Waals surface area contributed by atoms with Crippen LogP contribution < -0.4 is 4.90 Å². The van der Waals surface area contributed by atoms with Crippen LogP contribution in [0.4, 0.5) is 5.69 Å². The molecule has 3 heteroatoms. The van der Waals surface area contributed by atoms with Crippen molar-refractivity contribution in [3.8, 4) is 0 Å². The summed E-state index contributed by atoms with van der Waals surface area (Å²) in [6.45, 7) is 0. The van der Waals surface area contributed by atoms with Crippen LogP contribution in [0.3, 0.4) is 0 Å². The number of aromatic nitrogens is 2. The molecule has 0 spiro atoms. The summed E-state index contributed by atoms with van der Waals surface area (Å²) in [5.74, 6) is 0. The quantitative estimate of drug-likeness (QED) is 0.804. The van der Waals surface area contributed by atoms with Crippen LogP contribution in [0.2, 0.25) is 0 Å². The van der Waals surface area contributed by atoms with Crippen molar-refractivity contribution in [2.75, 3.05) is 19.0 Å². The van der Waals surface area contributed by atoms with Gasteiger partial charge in [0.15, 0.2) is 0 Å². The Kier molecular flexibility index (Phi) is 3.50. The molecule has 0 fully saturated rings. The Morgan fingerprint density at radius 2 is 1.76 bits per heavy atom. The van der Waals surface area contributed by atoms with Crippen LogP contribution in [-0.2, 0) is 0 Å². The summed E-state index contributed by atoms with van der Waals surface area (Å²) in [6.07, 6.45) is 9.09. The van der Waals surface area contributed by atoms with Crippen LogP contribution >= 0.6 is 0 Å². The molecule has 0 N–H and O–H groups in total. The molecule has 0 saturated heterocycles. The highest BCUT2D eigenvalue weighted by molar-refractivity contribution is 5.68. The van der Waals surface area contributed by atoms with Gasteiger partial charge >= 0.3 is 0 Å². The van der Waals surface area contributed by atoms with Crippen molar-refractivity contribution in [2.45, 2.75) is 0 Å². The number of hydrogen-bond acceptors (Lipinski definition) is 3. The lowest BCUT2D eigenvalue weighted by Crippen LogP contribution is -2.07. The van der Waals surface area contributed by atoms with Crippen LogP contribution in [-0.4, -0.2) is 24.1 Å². The van der Waals surface area contributed by atoms with Gasteiger partial charge in [-0.05, 0) is 23.8 Å². The third-order valence-corrected chi connectivity index (χ3v) is 2.44. The minimum absolute atomic E-state index is 0.865. The second-order valence-corrected chi connectivity index (χ2v) is 3.95. The van der Waals surface area contributed by atoms with E-state index in [9.17, 15) is 0 Å². The van der Waals surface area contributed by atoms with Crippen molar-refractivity contribution in [3.05, 3.63) is 54.1 Å². The number of rotatable bonds is 3. The highest BCUT2D eigenvalue weighted by Crippen LogP contribution is 2.13. The Bertz CT molecular complexity index is 487. The molecule has 0 amide bonds. The summed E-state index contributed by atoms with van der Waals surface area (Å²) < 4.78 is 0. The minimum atomic E-state index is 0.865. The van der Waals surface area contributed by atoms with Crippen molar-refractivity contribution < 1.29 is 0 Å². The molecule has 0 bridgehead atoms. The Labute approximate surface area is 101 Å². The molecule has 1 heterocycles. The molecule has 2 rings (SSSR count). The number of anilines is 1. The molecule has 0 unspecified atom stereocenters. The third kappa shape index (κ3) is 3.14. The first-order valence-electron chi connectivity index (χ1n) is 5.47. The number of nitrogens with zero attached hydrogens (tertiary/aromatic N) is 3. The second-order valence-electron chi connectivity index (χ2n) is 3.95. The fourth-order valence-corrected chi connectivity index (χ4v) is 1.46. The standard InChI is InChI=1S/C14H15N3/c1-17(2)14-7-4-12(5-8-14)3-6-13-11-15-9-10-16-13/h3-11H,1-2H3/b6-3-. The maximum Gasteiger partial charge on any atom is 0.0813 e. The fourth-order valence-electron chi connectivity index (χ4n) is 1.46. The first kappa shape index (κ1) is 11.3. The molecule has 86 valence electrons. The van der Waals surface area contributed by atoms with E-state index in [1.165, 1.54) is 5.69 Å². The van der Waals surface area contributed by atoms with Gasteiger partial charge in [-0.1, -0.05) is 18.2 Å². The lowest BCUT2D eigenvalue weighted by molar-refractivity contribution is 1.13. The van der Waals surface area contributed by atoms with E-state index in [2.05, 4.69) is 39.1 Å². The van der Waals surface area contributed by atoms with Crippen LogP contribution in [0.1, 0.15) is 11.3 Å². The SMILES string of the molecule is CN(C)c1ccc(/C=C\c2cnccn2)cc1. The molecule has 0 aliphatic carbocycles. The van der Waals surface area contributed by atoms with Gasteiger partial charge in [-0.15, -0.1) is 0 Å². The minimum Gasteiger partial charge on any atom is -0.378 e. The molecule has 0 aliphatic heterocycles. The zero-order chi connectivity index (χ0) is 12.1. The van der Waals surface area contributed by atoms with Crippen LogP contribution in [0, 0.1) is 0 Å². The molecule has 2 aromatic rings. The second kappa shape index (κ2) is 5.25. The Morgan fingerprint density at radius 3 is 2.35 bits per heavy atom. The smallest absolute Gasteiger partial charge is 0.0813 e. The van der Waals surface area contributed by atoms with Crippen molar-refractivity contribution in [3.63, 3.8) is 0 Å². The Morgan fingerprint density at radius 1 is 1.00 bits per heavy atom. The molecule has 0 radical (unpaired) electrons. The molecule has 0 aliphatic rings. The van der Waals surface area contributed by atoms with E-state index in [0.717, 1.165) is 11.3 Å². The van der Waals surface area contributed by atoms with Crippen LogP contribution in [0.15, 0.2) is 42.9 Å². The van der Waals surface area contributed by atoms with E-state index in [0.29, 0.717) is 0 Å². The zero-order valence-corrected chi connectivity index (χ0v) is 10.0. The van der Waals surface area contributed by atoms with E-state index in [1.807, 2.05) is 26.2 Å². The summed E-state index contributed by atoms with van der Waals surface area (Å²) in [6, 6.07) is 8.36. The van der Waals surface area contributed by atoms with Gasteiger partial charge in [0, 0.05) is 32.2 Å². The Hall–Kier alpha value is -2.16. The highest BCUT2D eigenvalue weighted by Gasteiger charge is 1.93. The third-order valence-electron chi connectivity index (χ3n) is 2.44. The maximum atomic E-state index is 4.18. The topological polar surface area (TPSA) is 29.0 Å². The highest BCUT2D eigenvalue weighted by atomic mass is 15.1. The molecule has 17 heavy (non-hydrogen) atoms. The van der Waals surface area contributed by atoms with E-state index in [4.69, 9.17) is 0 Å². The predicted octanol–water partition coefficient (Wildman–Crippen LogP) is 2.71. The van der Waals surface area contributed by atoms with Gasteiger partial charge in [-0.3, -0.25) is 9.97 Å². The molecule has 1 aromatic heterocycles. The summed E-state index contributed by atoms with van der Waals surface area (Å²) in [7, 11) is 4.06. The first-order chi connectivity index (χ1) is 8.25. The molecular formula is C14H15N3. The molecule has 0 atom stereocenters. The Balaban J connectivity index is 2.12. The fraction of sp³-hybridized carbons (Fsp3) is 0.143. The number of benzene rings is 1. The van der Waals surface area contributed by atoms with Crippen molar-refractivity contribution in [1.29, 1.82) is 0 Å². The average Bonchev–Trinajstić information content (AvgIpc) is 2.38. The van der Waals surface area contributed by atoms with Gasteiger partial charge in [0.25, 0.3) is 0 Å². The molecular weight excluding hydrogens is 210 g/mol. The first-order valence-corrected chi connectivity index (χ1v) is 5.47. The largest absolute Gasteiger partial charge is 0.378 e. The number of hydrogen-bond donors (Lipinski definition) is 0. The molecule has 3 nitrogen and oxygen atoms in total. The summed E-state index contributed by atoms with van der Waals surface area (Å²) >= 11 is 0. The van der Waals surface area contributed by atoms with E-state index in [-0.39, 0.29) is 0 Å². The molecule has 1 aromatic carbocycles. The van der Waals surface area contributed by atoms with Crippen LogP contribution in [0.25, 0.3) is 12.2 Å². The van der Waals surface area contributed by atoms with Crippen molar-refractivity contribution in [2.24, 2.45) is 0 Å². The lowest BCUT2D eigenvalue weighted by Gasteiger charge is -2.11. The van der Waals surface area contributed by atoms with Gasteiger partial charge in [0.2, 0.25) is 0 Å². The summed E-state index contributed by atoms with van der Waals surface area (Å²) in [4.78, 5) is 10.3. The average molecular weight is 225 g/mol. The van der Waals surface area contributed by atoms with Gasteiger partial charge < -0.3 is 4.90 Å². The normalized spacial score (nSPS) is 10.7. The maximum absolute atomic E-state index is 4.18. The van der Waals surface area contributed by atoms with E-state index < -0.39 is 0 Å². The van der Waals surface area contributed by atoms with E-state index >= 15 is 0 Å². The zero-order valence-electron chi connectivity index (χ0n) is 10.0. The molecule has 0 saturated carbocycles. The van der Waals surface area contributed by atoms with E-state index in [1.54, 1.807) is 18.6 Å². The summed E-state index contributed by atoms with van der Waals surface area (Å²) in [5.41, 5.74) is 3.21. The van der Waals surface area contributed by atoms with Gasteiger partial charge in [-0.25, -0.2) is 0 Å².